The van der Waals surface area contributed by atoms with Crippen molar-refractivity contribution in [2.24, 2.45) is 16.3 Å². The van der Waals surface area contributed by atoms with Crippen LogP contribution in [0.3, 0.4) is 0 Å². The van der Waals surface area contributed by atoms with Gasteiger partial charge in [-0.05, 0) is 23.0 Å². The zero-order chi connectivity index (χ0) is 20.2. The standard InChI is InChI=1S/C25H25N3O/c1-24(2)14-18-20(19(29)15-24)25(3,17-12-8-5-9-13-17)21-22(27-28-23(21)26-18)16-10-6-4-7-11-16/h4-13,20H,14-15H2,1-3H3,(H,27,28). The number of rotatable bonds is 2. The molecule has 0 amide bonds. The number of aromatic amines is 1. The minimum absolute atomic E-state index is 0.0694. The first kappa shape index (κ1) is 18.0. The van der Waals surface area contributed by atoms with Gasteiger partial charge in [0, 0.05) is 23.1 Å². The predicted molar refractivity (Wildman–Crippen MR) is 116 cm³/mol. The van der Waals surface area contributed by atoms with Crippen molar-refractivity contribution in [2.75, 3.05) is 0 Å². The number of benzene rings is 2. The highest BCUT2D eigenvalue weighted by atomic mass is 16.1. The maximum absolute atomic E-state index is 13.5. The molecule has 146 valence electrons. The third-order valence-corrected chi connectivity index (χ3v) is 6.50. The van der Waals surface area contributed by atoms with Crippen LogP contribution in [0.25, 0.3) is 11.3 Å². The van der Waals surface area contributed by atoms with Gasteiger partial charge in [0.2, 0.25) is 0 Å². The van der Waals surface area contributed by atoms with Crippen molar-refractivity contribution in [2.45, 2.75) is 39.0 Å². The largest absolute Gasteiger partial charge is 0.299 e. The van der Waals surface area contributed by atoms with Gasteiger partial charge in [0.25, 0.3) is 0 Å². The van der Waals surface area contributed by atoms with Crippen LogP contribution in [0, 0.1) is 11.3 Å². The summed E-state index contributed by atoms with van der Waals surface area (Å²) < 4.78 is 0. The molecule has 29 heavy (non-hydrogen) atoms. The van der Waals surface area contributed by atoms with E-state index >= 15 is 0 Å². The molecule has 1 aliphatic carbocycles. The van der Waals surface area contributed by atoms with Crippen LogP contribution in [0.5, 0.6) is 0 Å². The maximum Gasteiger partial charge on any atom is 0.178 e. The summed E-state index contributed by atoms with van der Waals surface area (Å²) in [6, 6.07) is 20.6. The first-order valence-electron chi connectivity index (χ1n) is 10.2. The van der Waals surface area contributed by atoms with E-state index in [1.807, 2.05) is 36.4 Å². The Balaban J connectivity index is 1.81. The molecule has 2 aromatic carbocycles. The number of fused-ring (bicyclic) bond motifs is 2. The van der Waals surface area contributed by atoms with E-state index in [4.69, 9.17) is 4.99 Å². The van der Waals surface area contributed by atoms with Crippen LogP contribution in [0.4, 0.5) is 5.82 Å². The summed E-state index contributed by atoms with van der Waals surface area (Å²) in [5.41, 5.74) is 4.55. The Morgan fingerprint density at radius 1 is 0.931 bits per heavy atom. The van der Waals surface area contributed by atoms with E-state index in [2.05, 4.69) is 55.2 Å². The molecule has 2 aliphatic rings. The van der Waals surface area contributed by atoms with Crippen molar-refractivity contribution < 1.29 is 4.79 Å². The van der Waals surface area contributed by atoms with Crippen LogP contribution in [-0.2, 0) is 10.2 Å². The van der Waals surface area contributed by atoms with Crippen molar-refractivity contribution in [1.29, 1.82) is 0 Å². The number of Topliss-reactive ketones (excluding diaryl/α,β-unsaturated/α-hetero) is 1. The van der Waals surface area contributed by atoms with Crippen molar-refractivity contribution in [3.05, 3.63) is 71.8 Å². The van der Waals surface area contributed by atoms with Crippen LogP contribution in [-0.4, -0.2) is 21.7 Å². The lowest BCUT2D eigenvalue weighted by molar-refractivity contribution is -0.125. The topological polar surface area (TPSA) is 58.1 Å². The summed E-state index contributed by atoms with van der Waals surface area (Å²) in [6.45, 7) is 6.50. The number of carbonyl (C=O) groups is 1. The molecule has 1 aromatic heterocycles. The molecule has 2 atom stereocenters. The molecular weight excluding hydrogens is 358 g/mol. The molecule has 1 saturated carbocycles. The van der Waals surface area contributed by atoms with Crippen LogP contribution in [0.15, 0.2) is 65.7 Å². The minimum Gasteiger partial charge on any atom is -0.299 e. The molecule has 0 bridgehead atoms. The van der Waals surface area contributed by atoms with Crippen molar-refractivity contribution in [1.82, 2.24) is 10.2 Å². The Bertz CT molecular complexity index is 1110. The Morgan fingerprint density at radius 2 is 1.59 bits per heavy atom. The molecule has 0 radical (unpaired) electrons. The monoisotopic (exact) mass is 383 g/mol. The lowest BCUT2D eigenvalue weighted by Crippen LogP contribution is -2.50. The van der Waals surface area contributed by atoms with Gasteiger partial charge >= 0.3 is 0 Å². The van der Waals surface area contributed by atoms with Crippen molar-refractivity contribution >= 4 is 17.3 Å². The number of nitrogens with zero attached hydrogens (tertiary/aromatic N) is 2. The van der Waals surface area contributed by atoms with E-state index in [-0.39, 0.29) is 17.1 Å². The molecule has 4 nitrogen and oxygen atoms in total. The fourth-order valence-corrected chi connectivity index (χ4v) is 5.27. The maximum atomic E-state index is 13.5. The molecule has 0 saturated heterocycles. The van der Waals surface area contributed by atoms with E-state index in [0.29, 0.717) is 12.2 Å². The van der Waals surface area contributed by atoms with Crippen LogP contribution >= 0.6 is 0 Å². The smallest absolute Gasteiger partial charge is 0.178 e. The van der Waals surface area contributed by atoms with E-state index in [9.17, 15) is 4.79 Å². The van der Waals surface area contributed by atoms with E-state index in [1.165, 1.54) is 0 Å². The Hall–Kier alpha value is -3.01. The number of H-pyrrole nitrogens is 1. The summed E-state index contributed by atoms with van der Waals surface area (Å²) in [7, 11) is 0. The second-order valence-corrected chi connectivity index (χ2v) is 9.25. The van der Waals surface area contributed by atoms with E-state index < -0.39 is 5.41 Å². The summed E-state index contributed by atoms with van der Waals surface area (Å²) >= 11 is 0. The van der Waals surface area contributed by atoms with Gasteiger partial charge in [-0.1, -0.05) is 81.4 Å². The molecule has 3 aromatic rings. The average Bonchev–Trinajstić information content (AvgIpc) is 3.12. The summed E-state index contributed by atoms with van der Waals surface area (Å²) in [5.74, 6) is 0.731. The molecule has 1 aliphatic heterocycles. The van der Waals surface area contributed by atoms with Gasteiger partial charge in [0.05, 0.1) is 11.6 Å². The molecule has 2 unspecified atom stereocenters. The summed E-state index contributed by atoms with van der Waals surface area (Å²) in [5, 5.41) is 7.83. The SMILES string of the molecule is CC1(C)CC(=O)C2C(=Nc3n[nH]c(-c4ccccc4)c3C2(C)c2ccccc2)C1. The molecule has 4 heteroatoms. The van der Waals surface area contributed by atoms with E-state index in [0.717, 1.165) is 34.5 Å². The van der Waals surface area contributed by atoms with Gasteiger partial charge in [0.15, 0.2) is 5.82 Å². The van der Waals surface area contributed by atoms with Crippen molar-refractivity contribution in [3.8, 4) is 11.3 Å². The molecule has 0 spiro atoms. The fourth-order valence-electron chi connectivity index (χ4n) is 5.27. The van der Waals surface area contributed by atoms with Gasteiger partial charge in [-0.3, -0.25) is 9.89 Å². The number of aliphatic imine (C=N–C) groups is 1. The number of hydrogen-bond donors (Lipinski definition) is 1. The molecule has 1 fully saturated rings. The number of nitrogens with one attached hydrogen (secondary N) is 1. The molecule has 1 N–H and O–H groups in total. The zero-order valence-electron chi connectivity index (χ0n) is 17.1. The van der Waals surface area contributed by atoms with Gasteiger partial charge in [-0.15, -0.1) is 0 Å². The fraction of sp³-hybridized carbons (Fsp3) is 0.320. The first-order chi connectivity index (χ1) is 13.9. The highest BCUT2D eigenvalue weighted by molar-refractivity contribution is 6.12. The van der Waals surface area contributed by atoms with Crippen LogP contribution in [0.1, 0.15) is 44.7 Å². The Kier molecular flexibility index (Phi) is 3.89. The summed E-state index contributed by atoms with van der Waals surface area (Å²) in [4.78, 5) is 18.4. The zero-order valence-corrected chi connectivity index (χ0v) is 17.1. The second-order valence-electron chi connectivity index (χ2n) is 9.25. The minimum atomic E-state index is -0.514. The number of hydrogen-bond acceptors (Lipinski definition) is 3. The lowest BCUT2D eigenvalue weighted by Gasteiger charge is -2.46. The van der Waals surface area contributed by atoms with Gasteiger partial charge in [-0.25, -0.2) is 4.99 Å². The van der Waals surface area contributed by atoms with Crippen LogP contribution in [0.2, 0.25) is 0 Å². The summed E-state index contributed by atoms with van der Waals surface area (Å²) in [6.07, 6.45) is 1.39. The number of ketones is 1. The third kappa shape index (κ3) is 2.70. The highest BCUT2D eigenvalue weighted by Crippen LogP contribution is 2.54. The lowest BCUT2D eigenvalue weighted by atomic mass is 9.56. The van der Waals surface area contributed by atoms with Crippen molar-refractivity contribution in [3.63, 3.8) is 0 Å². The molecule has 2 heterocycles. The predicted octanol–water partition coefficient (Wildman–Crippen LogP) is 5.47. The quantitative estimate of drug-likeness (QED) is 0.637. The van der Waals surface area contributed by atoms with Crippen LogP contribution < -0.4 is 0 Å². The average molecular weight is 383 g/mol. The molecule has 5 rings (SSSR count). The number of carbonyl (C=O) groups excluding carboxylic acids is 1. The second kappa shape index (κ2) is 6.24. The number of aromatic nitrogens is 2. The van der Waals surface area contributed by atoms with Gasteiger partial charge in [0.1, 0.15) is 5.78 Å². The first-order valence-corrected chi connectivity index (χ1v) is 10.2. The molecular formula is C25H25N3O. The van der Waals surface area contributed by atoms with Gasteiger partial charge in [-0.2, -0.15) is 5.10 Å². The van der Waals surface area contributed by atoms with E-state index in [1.54, 1.807) is 0 Å². The Labute approximate surface area is 171 Å². The normalized spacial score (nSPS) is 25.1. The van der Waals surface area contributed by atoms with Gasteiger partial charge < -0.3 is 0 Å². The Morgan fingerprint density at radius 3 is 2.28 bits per heavy atom. The highest BCUT2D eigenvalue weighted by Gasteiger charge is 2.54. The third-order valence-electron chi connectivity index (χ3n) is 6.50.